The van der Waals surface area contributed by atoms with Crippen molar-refractivity contribution in [2.75, 3.05) is 26.9 Å². The third-order valence-electron chi connectivity index (χ3n) is 2.78. The molecule has 0 aliphatic carbocycles. The maximum absolute atomic E-state index is 5.99. The van der Waals surface area contributed by atoms with Crippen LogP contribution in [0.15, 0.2) is 28.7 Å². The standard InChI is InChI=1S/C15H24BrNO2/c1-12(2)17-11-15(19-10-6-9-18-3)13-7-4-5-8-14(13)16/h4-5,7-8,12,15,17H,6,9-11H2,1-3H3. The molecule has 1 aromatic rings. The summed E-state index contributed by atoms with van der Waals surface area (Å²) in [4.78, 5) is 0. The molecule has 1 N–H and O–H groups in total. The smallest absolute Gasteiger partial charge is 0.0960 e. The van der Waals surface area contributed by atoms with E-state index in [0.717, 1.165) is 24.0 Å². The Labute approximate surface area is 124 Å². The van der Waals surface area contributed by atoms with Gasteiger partial charge in [-0.3, -0.25) is 0 Å². The Morgan fingerprint density at radius 1 is 1.21 bits per heavy atom. The Balaban J connectivity index is 2.60. The van der Waals surface area contributed by atoms with Crippen molar-refractivity contribution in [1.29, 1.82) is 0 Å². The monoisotopic (exact) mass is 329 g/mol. The van der Waals surface area contributed by atoms with Crippen LogP contribution >= 0.6 is 15.9 Å². The number of benzene rings is 1. The predicted octanol–water partition coefficient (Wildman–Crippen LogP) is 3.54. The van der Waals surface area contributed by atoms with Crippen LogP contribution in [-0.4, -0.2) is 32.9 Å². The number of methoxy groups -OCH3 is 1. The molecule has 19 heavy (non-hydrogen) atoms. The van der Waals surface area contributed by atoms with Crippen LogP contribution in [-0.2, 0) is 9.47 Å². The number of hydrogen-bond donors (Lipinski definition) is 1. The molecule has 1 rings (SSSR count). The van der Waals surface area contributed by atoms with Crippen LogP contribution in [0.5, 0.6) is 0 Å². The van der Waals surface area contributed by atoms with E-state index in [0.29, 0.717) is 12.6 Å². The van der Waals surface area contributed by atoms with Crippen molar-refractivity contribution in [2.24, 2.45) is 0 Å². The van der Waals surface area contributed by atoms with Crippen LogP contribution in [0.25, 0.3) is 0 Å². The first-order chi connectivity index (χ1) is 9.15. The van der Waals surface area contributed by atoms with Crippen molar-refractivity contribution < 1.29 is 9.47 Å². The Bertz CT molecular complexity index is 358. The molecule has 0 aliphatic rings. The zero-order valence-electron chi connectivity index (χ0n) is 12.0. The molecule has 0 fully saturated rings. The first-order valence-electron chi connectivity index (χ1n) is 6.73. The molecule has 3 nitrogen and oxygen atoms in total. The van der Waals surface area contributed by atoms with E-state index in [2.05, 4.69) is 47.2 Å². The number of hydrogen-bond acceptors (Lipinski definition) is 3. The van der Waals surface area contributed by atoms with E-state index in [1.165, 1.54) is 5.56 Å². The third-order valence-corrected chi connectivity index (χ3v) is 3.50. The van der Waals surface area contributed by atoms with Gasteiger partial charge in [-0.2, -0.15) is 0 Å². The van der Waals surface area contributed by atoms with Gasteiger partial charge in [0.05, 0.1) is 6.10 Å². The van der Waals surface area contributed by atoms with E-state index < -0.39 is 0 Å². The van der Waals surface area contributed by atoms with E-state index in [1.54, 1.807) is 7.11 Å². The van der Waals surface area contributed by atoms with E-state index in [4.69, 9.17) is 9.47 Å². The lowest BCUT2D eigenvalue weighted by Crippen LogP contribution is -2.29. The van der Waals surface area contributed by atoms with Gasteiger partial charge < -0.3 is 14.8 Å². The lowest BCUT2D eigenvalue weighted by Gasteiger charge is -2.21. The minimum atomic E-state index is 0.0647. The molecule has 0 spiro atoms. The lowest BCUT2D eigenvalue weighted by atomic mass is 10.1. The van der Waals surface area contributed by atoms with Gasteiger partial charge in [0.2, 0.25) is 0 Å². The second-order valence-corrected chi connectivity index (χ2v) is 5.64. The summed E-state index contributed by atoms with van der Waals surface area (Å²) in [6.45, 7) is 6.54. The minimum Gasteiger partial charge on any atom is -0.385 e. The molecule has 0 saturated heterocycles. The molecule has 1 atom stereocenters. The van der Waals surface area contributed by atoms with E-state index in [9.17, 15) is 0 Å². The third kappa shape index (κ3) is 6.52. The Hall–Kier alpha value is -0.420. The average Bonchev–Trinajstić information content (AvgIpc) is 2.39. The molecule has 0 amide bonds. The molecule has 0 aliphatic heterocycles. The molecule has 0 heterocycles. The summed E-state index contributed by atoms with van der Waals surface area (Å²) in [5, 5.41) is 3.44. The van der Waals surface area contributed by atoms with Crippen LogP contribution in [0.4, 0.5) is 0 Å². The molecule has 1 aromatic carbocycles. The van der Waals surface area contributed by atoms with E-state index in [-0.39, 0.29) is 6.10 Å². The Morgan fingerprint density at radius 2 is 1.95 bits per heavy atom. The maximum Gasteiger partial charge on any atom is 0.0960 e. The topological polar surface area (TPSA) is 30.5 Å². The number of rotatable bonds is 9. The Kier molecular flexibility index (Phi) is 8.30. The lowest BCUT2D eigenvalue weighted by molar-refractivity contribution is 0.0373. The highest BCUT2D eigenvalue weighted by molar-refractivity contribution is 9.10. The maximum atomic E-state index is 5.99. The van der Waals surface area contributed by atoms with Gasteiger partial charge in [-0.25, -0.2) is 0 Å². The summed E-state index contributed by atoms with van der Waals surface area (Å²) in [5.74, 6) is 0. The number of halogens is 1. The minimum absolute atomic E-state index is 0.0647. The molecule has 0 bridgehead atoms. The van der Waals surface area contributed by atoms with Crippen molar-refractivity contribution in [3.8, 4) is 0 Å². The van der Waals surface area contributed by atoms with Crippen molar-refractivity contribution in [3.05, 3.63) is 34.3 Å². The Morgan fingerprint density at radius 3 is 2.58 bits per heavy atom. The fourth-order valence-electron chi connectivity index (χ4n) is 1.77. The van der Waals surface area contributed by atoms with Gasteiger partial charge in [0.25, 0.3) is 0 Å². The summed E-state index contributed by atoms with van der Waals surface area (Å²) in [6, 6.07) is 8.67. The summed E-state index contributed by atoms with van der Waals surface area (Å²) in [7, 11) is 1.71. The molecule has 4 heteroatoms. The molecule has 108 valence electrons. The van der Waals surface area contributed by atoms with Gasteiger partial charge in [0.15, 0.2) is 0 Å². The highest BCUT2D eigenvalue weighted by atomic mass is 79.9. The molecule has 1 unspecified atom stereocenters. The molecular formula is C15H24BrNO2. The highest BCUT2D eigenvalue weighted by Gasteiger charge is 2.15. The quantitative estimate of drug-likeness (QED) is 0.703. The fourth-order valence-corrected chi connectivity index (χ4v) is 2.31. The van der Waals surface area contributed by atoms with Crippen molar-refractivity contribution in [2.45, 2.75) is 32.4 Å². The second-order valence-electron chi connectivity index (χ2n) is 4.79. The van der Waals surface area contributed by atoms with Crippen LogP contribution in [0, 0.1) is 0 Å². The molecule has 0 aromatic heterocycles. The van der Waals surface area contributed by atoms with Crippen LogP contribution in [0.1, 0.15) is 31.9 Å². The van der Waals surface area contributed by atoms with Crippen LogP contribution in [0.2, 0.25) is 0 Å². The van der Waals surface area contributed by atoms with Gasteiger partial charge in [-0.15, -0.1) is 0 Å². The van der Waals surface area contributed by atoms with E-state index >= 15 is 0 Å². The van der Waals surface area contributed by atoms with Crippen molar-refractivity contribution >= 4 is 15.9 Å². The second kappa shape index (κ2) is 9.48. The largest absolute Gasteiger partial charge is 0.385 e. The van der Waals surface area contributed by atoms with Gasteiger partial charge >= 0.3 is 0 Å². The van der Waals surface area contributed by atoms with Crippen molar-refractivity contribution in [1.82, 2.24) is 5.32 Å². The summed E-state index contributed by atoms with van der Waals surface area (Å²) < 4.78 is 12.1. The summed E-state index contributed by atoms with van der Waals surface area (Å²) in [5.41, 5.74) is 1.19. The first-order valence-corrected chi connectivity index (χ1v) is 7.52. The van der Waals surface area contributed by atoms with Gasteiger partial charge in [0, 0.05) is 37.4 Å². The van der Waals surface area contributed by atoms with Crippen LogP contribution in [0.3, 0.4) is 0 Å². The van der Waals surface area contributed by atoms with Crippen LogP contribution < -0.4 is 5.32 Å². The van der Waals surface area contributed by atoms with Gasteiger partial charge in [-0.1, -0.05) is 48.0 Å². The van der Waals surface area contributed by atoms with E-state index in [1.807, 2.05) is 12.1 Å². The van der Waals surface area contributed by atoms with Gasteiger partial charge in [-0.05, 0) is 18.1 Å². The SMILES string of the molecule is COCCCOC(CNC(C)C)c1ccccc1Br. The highest BCUT2D eigenvalue weighted by Crippen LogP contribution is 2.25. The average molecular weight is 330 g/mol. The molecule has 0 radical (unpaired) electrons. The summed E-state index contributed by atoms with van der Waals surface area (Å²) in [6.07, 6.45) is 0.980. The first kappa shape index (κ1) is 16.6. The molecule has 0 saturated carbocycles. The zero-order valence-corrected chi connectivity index (χ0v) is 13.6. The van der Waals surface area contributed by atoms with Crippen molar-refractivity contribution in [3.63, 3.8) is 0 Å². The predicted molar refractivity (Wildman–Crippen MR) is 82.5 cm³/mol. The number of ether oxygens (including phenoxy) is 2. The summed E-state index contributed by atoms with van der Waals surface area (Å²) >= 11 is 3.59. The van der Waals surface area contributed by atoms with Gasteiger partial charge in [0.1, 0.15) is 0 Å². The zero-order chi connectivity index (χ0) is 14.1. The molecular weight excluding hydrogens is 306 g/mol. The fraction of sp³-hybridized carbons (Fsp3) is 0.600. The number of nitrogens with one attached hydrogen (secondary N) is 1. The normalized spacial score (nSPS) is 12.9.